The number of hydrogen-bond acceptors (Lipinski definition) is 2. The molecule has 1 unspecified atom stereocenters. The zero-order valence-electron chi connectivity index (χ0n) is 6.08. The Labute approximate surface area is 61.4 Å². The molecular formula is C8H12N2. The van der Waals surface area contributed by atoms with E-state index in [1.807, 2.05) is 0 Å². The van der Waals surface area contributed by atoms with Gasteiger partial charge in [0.25, 0.3) is 0 Å². The van der Waals surface area contributed by atoms with Crippen molar-refractivity contribution in [3.8, 4) is 6.07 Å². The Morgan fingerprint density at radius 1 is 1.40 bits per heavy atom. The minimum atomic E-state index is 0.350. The van der Waals surface area contributed by atoms with Crippen molar-refractivity contribution in [3.05, 3.63) is 0 Å². The molecule has 2 aliphatic rings. The van der Waals surface area contributed by atoms with Gasteiger partial charge in [0.15, 0.2) is 0 Å². The third-order valence-corrected chi connectivity index (χ3v) is 2.73. The third kappa shape index (κ3) is 0.819. The second-order valence-electron chi connectivity index (χ2n) is 3.40. The maximum atomic E-state index is 8.74. The van der Waals surface area contributed by atoms with Gasteiger partial charge < -0.3 is 4.90 Å². The van der Waals surface area contributed by atoms with Crippen LogP contribution in [0.15, 0.2) is 0 Å². The molecule has 0 aromatic carbocycles. The summed E-state index contributed by atoms with van der Waals surface area (Å²) in [5, 5.41) is 8.74. The minimum absolute atomic E-state index is 0.350. The number of fused-ring (bicyclic) bond motifs is 2. The fourth-order valence-corrected chi connectivity index (χ4v) is 2.16. The van der Waals surface area contributed by atoms with Crippen LogP contribution in [0.5, 0.6) is 0 Å². The Morgan fingerprint density at radius 3 is 3.00 bits per heavy atom. The van der Waals surface area contributed by atoms with Crippen LogP contribution in [0.4, 0.5) is 0 Å². The summed E-state index contributed by atoms with van der Waals surface area (Å²) in [6.45, 7) is 3.47. The maximum Gasteiger partial charge on any atom is 0.0672 e. The summed E-state index contributed by atoms with van der Waals surface area (Å²) in [7, 11) is 0. The van der Waals surface area contributed by atoms with E-state index in [2.05, 4.69) is 11.0 Å². The van der Waals surface area contributed by atoms with Gasteiger partial charge in [-0.05, 0) is 25.3 Å². The SMILES string of the molecule is N#C[C@@H]1CN2CCC[C@H]1C2. The van der Waals surface area contributed by atoms with Crippen molar-refractivity contribution in [1.29, 1.82) is 5.26 Å². The van der Waals surface area contributed by atoms with Crippen LogP contribution in [-0.2, 0) is 0 Å². The molecule has 0 saturated carbocycles. The van der Waals surface area contributed by atoms with E-state index >= 15 is 0 Å². The summed E-state index contributed by atoms with van der Waals surface area (Å²) >= 11 is 0. The van der Waals surface area contributed by atoms with Crippen LogP contribution in [0.3, 0.4) is 0 Å². The first-order chi connectivity index (χ1) is 4.90. The average Bonchev–Trinajstić information content (AvgIpc) is 2.26. The van der Waals surface area contributed by atoms with Crippen molar-refractivity contribution in [2.45, 2.75) is 12.8 Å². The van der Waals surface area contributed by atoms with E-state index in [0.29, 0.717) is 11.8 Å². The highest BCUT2D eigenvalue weighted by molar-refractivity contribution is 4.98. The number of nitriles is 1. The van der Waals surface area contributed by atoms with E-state index in [4.69, 9.17) is 5.26 Å². The van der Waals surface area contributed by atoms with E-state index in [1.165, 1.54) is 25.9 Å². The highest BCUT2D eigenvalue weighted by Crippen LogP contribution is 2.30. The topological polar surface area (TPSA) is 27.0 Å². The van der Waals surface area contributed by atoms with Crippen LogP contribution in [0, 0.1) is 23.2 Å². The second kappa shape index (κ2) is 2.25. The van der Waals surface area contributed by atoms with Crippen LogP contribution < -0.4 is 0 Å². The normalized spacial score (nSPS) is 44.9. The van der Waals surface area contributed by atoms with Gasteiger partial charge in [0.05, 0.1) is 12.0 Å². The second-order valence-corrected chi connectivity index (χ2v) is 3.40. The molecule has 0 aliphatic carbocycles. The van der Waals surface area contributed by atoms with Gasteiger partial charge in [0.2, 0.25) is 0 Å². The van der Waals surface area contributed by atoms with Gasteiger partial charge in [-0.3, -0.25) is 0 Å². The van der Waals surface area contributed by atoms with Crippen molar-refractivity contribution in [1.82, 2.24) is 4.90 Å². The lowest BCUT2D eigenvalue weighted by Gasteiger charge is -2.20. The molecule has 2 rings (SSSR count). The Bertz CT molecular complexity index is 171. The number of rotatable bonds is 0. The molecule has 0 aromatic heterocycles. The van der Waals surface area contributed by atoms with Crippen LogP contribution in [0.2, 0.25) is 0 Å². The van der Waals surface area contributed by atoms with Crippen LogP contribution in [0.25, 0.3) is 0 Å². The fraction of sp³-hybridized carbons (Fsp3) is 0.875. The summed E-state index contributed by atoms with van der Waals surface area (Å²) in [6, 6.07) is 2.39. The molecule has 2 bridgehead atoms. The predicted molar refractivity (Wildman–Crippen MR) is 38.3 cm³/mol. The molecule has 0 spiro atoms. The molecule has 2 aliphatic heterocycles. The lowest BCUT2D eigenvalue weighted by Crippen LogP contribution is -2.25. The molecule has 0 amide bonds. The Hall–Kier alpha value is -0.550. The maximum absolute atomic E-state index is 8.74. The molecule has 0 N–H and O–H groups in total. The quantitative estimate of drug-likeness (QED) is 0.493. The number of piperidine rings is 1. The van der Waals surface area contributed by atoms with Gasteiger partial charge in [-0.1, -0.05) is 0 Å². The van der Waals surface area contributed by atoms with E-state index < -0.39 is 0 Å². The first-order valence-electron chi connectivity index (χ1n) is 4.02. The summed E-state index contributed by atoms with van der Waals surface area (Å²) in [5.41, 5.74) is 0. The zero-order chi connectivity index (χ0) is 6.97. The Kier molecular flexibility index (Phi) is 1.39. The van der Waals surface area contributed by atoms with E-state index in [0.717, 1.165) is 6.54 Å². The molecule has 2 heterocycles. The molecule has 2 heteroatoms. The molecule has 0 aromatic rings. The highest BCUT2D eigenvalue weighted by Gasteiger charge is 2.34. The monoisotopic (exact) mass is 136 g/mol. The van der Waals surface area contributed by atoms with Gasteiger partial charge in [0, 0.05) is 13.1 Å². The molecule has 2 nitrogen and oxygen atoms in total. The largest absolute Gasteiger partial charge is 0.302 e. The Morgan fingerprint density at radius 2 is 2.30 bits per heavy atom. The summed E-state index contributed by atoms with van der Waals surface area (Å²) in [4.78, 5) is 2.42. The molecule has 2 fully saturated rings. The van der Waals surface area contributed by atoms with Crippen LogP contribution in [0.1, 0.15) is 12.8 Å². The van der Waals surface area contributed by atoms with Gasteiger partial charge in [0.1, 0.15) is 0 Å². The molecular weight excluding hydrogens is 124 g/mol. The van der Waals surface area contributed by atoms with Gasteiger partial charge in [-0.15, -0.1) is 0 Å². The van der Waals surface area contributed by atoms with Gasteiger partial charge in [-0.2, -0.15) is 5.26 Å². The van der Waals surface area contributed by atoms with E-state index in [1.54, 1.807) is 0 Å². The fourth-order valence-electron chi connectivity index (χ4n) is 2.16. The standard InChI is InChI=1S/C8H12N2/c9-4-8-6-10-3-1-2-7(8)5-10/h7-8H,1-3,5-6H2/t7-,8+/m0/s1. The van der Waals surface area contributed by atoms with Crippen molar-refractivity contribution < 1.29 is 0 Å². The van der Waals surface area contributed by atoms with E-state index in [9.17, 15) is 0 Å². The van der Waals surface area contributed by atoms with Crippen molar-refractivity contribution >= 4 is 0 Å². The lowest BCUT2D eigenvalue weighted by molar-refractivity contribution is 0.269. The number of hydrogen-bond donors (Lipinski definition) is 0. The molecule has 0 radical (unpaired) electrons. The average molecular weight is 136 g/mol. The first kappa shape index (κ1) is 6.18. The lowest BCUT2D eigenvalue weighted by atomic mass is 9.92. The summed E-state index contributed by atoms with van der Waals surface area (Å²) in [6.07, 6.45) is 2.59. The Balaban J connectivity index is 2.10. The summed E-state index contributed by atoms with van der Waals surface area (Å²) < 4.78 is 0. The van der Waals surface area contributed by atoms with Crippen molar-refractivity contribution in [2.24, 2.45) is 11.8 Å². The van der Waals surface area contributed by atoms with E-state index in [-0.39, 0.29) is 0 Å². The zero-order valence-corrected chi connectivity index (χ0v) is 6.08. The molecule has 2 saturated heterocycles. The van der Waals surface area contributed by atoms with Gasteiger partial charge in [-0.25, -0.2) is 0 Å². The summed E-state index contributed by atoms with van der Waals surface area (Å²) in [5.74, 6) is 1.06. The van der Waals surface area contributed by atoms with Crippen molar-refractivity contribution in [2.75, 3.05) is 19.6 Å². The minimum Gasteiger partial charge on any atom is -0.302 e. The predicted octanol–water partition coefficient (Wildman–Crippen LogP) is 0.852. The molecule has 54 valence electrons. The number of nitrogens with zero attached hydrogens (tertiary/aromatic N) is 2. The third-order valence-electron chi connectivity index (χ3n) is 2.73. The van der Waals surface area contributed by atoms with Gasteiger partial charge >= 0.3 is 0 Å². The smallest absolute Gasteiger partial charge is 0.0672 e. The highest BCUT2D eigenvalue weighted by atomic mass is 15.2. The van der Waals surface area contributed by atoms with Crippen LogP contribution >= 0.6 is 0 Å². The molecule has 3 atom stereocenters. The first-order valence-corrected chi connectivity index (χ1v) is 4.02. The van der Waals surface area contributed by atoms with Crippen LogP contribution in [-0.4, -0.2) is 24.5 Å². The van der Waals surface area contributed by atoms with Crippen molar-refractivity contribution in [3.63, 3.8) is 0 Å². The molecule has 10 heavy (non-hydrogen) atoms.